The van der Waals surface area contributed by atoms with Gasteiger partial charge in [-0.3, -0.25) is 9.59 Å². The molecular formula is C20H26FN3O4. The van der Waals surface area contributed by atoms with Crippen LogP contribution in [0.15, 0.2) is 24.3 Å². The second-order valence-electron chi connectivity index (χ2n) is 7.16. The van der Waals surface area contributed by atoms with Gasteiger partial charge in [0.2, 0.25) is 11.8 Å². The molecule has 7 nitrogen and oxygen atoms in total. The highest BCUT2D eigenvalue weighted by atomic mass is 19.1. The van der Waals surface area contributed by atoms with E-state index in [1.807, 2.05) is 0 Å². The SMILES string of the molecule is CCOC(=O)N1CCN(C(=O)C2(C(=O)NCCc3ccccc3F)CC2)CC1. The molecule has 1 aliphatic carbocycles. The molecule has 8 heteroatoms. The van der Waals surface area contributed by atoms with Gasteiger partial charge in [0.1, 0.15) is 11.2 Å². The number of carbonyl (C=O) groups excluding carboxylic acids is 3. The molecule has 1 heterocycles. The molecule has 152 valence electrons. The molecule has 0 bridgehead atoms. The van der Waals surface area contributed by atoms with Crippen molar-refractivity contribution < 1.29 is 23.5 Å². The Bertz CT molecular complexity index is 743. The van der Waals surface area contributed by atoms with Gasteiger partial charge < -0.3 is 19.9 Å². The summed E-state index contributed by atoms with van der Waals surface area (Å²) in [4.78, 5) is 40.5. The maximum absolute atomic E-state index is 13.7. The maximum Gasteiger partial charge on any atom is 0.409 e. The molecule has 1 N–H and O–H groups in total. The first-order valence-corrected chi connectivity index (χ1v) is 9.70. The number of rotatable bonds is 6. The molecule has 0 radical (unpaired) electrons. The summed E-state index contributed by atoms with van der Waals surface area (Å²) in [7, 11) is 0. The lowest BCUT2D eigenvalue weighted by atomic mass is 10.0. The van der Waals surface area contributed by atoms with Gasteiger partial charge >= 0.3 is 6.09 Å². The van der Waals surface area contributed by atoms with Gasteiger partial charge in [0, 0.05) is 32.7 Å². The predicted octanol–water partition coefficient (Wildman–Crippen LogP) is 1.57. The van der Waals surface area contributed by atoms with Crippen molar-refractivity contribution in [1.82, 2.24) is 15.1 Å². The fourth-order valence-electron chi connectivity index (χ4n) is 3.45. The molecular weight excluding hydrogens is 365 g/mol. The number of hydrogen-bond acceptors (Lipinski definition) is 4. The molecule has 0 atom stereocenters. The quantitative estimate of drug-likeness (QED) is 0.747. The lowest BCUT2D eigenvalue weighted by Crippen LogP contribution is -2.54. The van der Waals surface area contributed by atoms with Crippen LogP contribution >= 0.6 is 0 Å². The van der Waals surface area contributed by atoms with Crippen LogP contribution in [0.1, 0.15) is 25.3 Å². The number of ether oxygens (including phenoxy) is 1. The Morgan fingerprint density at radius 1 is 1.11 bits per heavy atom. The molecule has 0 aromatic heterocycles. The number of carbonyl (C=O) groups is 3. The Hall–Kier alpha value is -2.64. The van der Waals surface area contributed by atoms with Crippen LogP contribution in [-0.4, -0.2) is 67.0 Å². The minimum absolute atomic E-state index is 0.181. The molecule has 2 fully saturated rings. The average molecular weight is 391 g/mol. The van der Waals surface area contributed by atoms with Gasteiger partial charge in [-0.2, -0.15) is 0 Å². The van der Waals surface area contributed by atoms with Crippen molar-refractivity contribution in [3.63, 3.8) is 0 Å². The molecule has 1 saturated carbocycles. The van der Waals surface area contributed by atoms with Gasteiger partial charge in [0.15, 0.2) is 0 Å². The topological polar surface area (TPSA) is 79.0 Å². The van der Waals surface area contributed by atoms with E-state index in [0.717, 1.165) is 0 Å². The van der Waals surface area contributed by atoms with Gasteiger partial charge in [-0.15, -0.1) is 0 Å². The van der Waals surface area contributed by atoms with Crippen molar-refractivity contribution in [2.45, 2.75) is 26.2 Å². The van der Waals surface area contributed by atoms with Crippen LogP contribution < -0.4 is 5.32 Å². The second-order valence-corrected chi connectivity index (χ2v) is 7.16. The van der Waals surface area contributed by atoms with Gasteiger partial charge in [-0.05, 0) is 37.8 Å². The number of hydrogen-bond donors (Lipinski definition) is 1. The van der Waals surface area contributed by atoms with Crippen molar-refractivity contribution in [2.75, 3.05) is 39.3 Å². The normalized spacial score (nSPS) is 17.8. The smallest absolute Gasteiger partial charge is 0.409 e. The van der Waals surface area contributed by atoms with E-state index in [9.17, 15) is 18.8 Å². The van der Waals surface area contributed by atoms with E-state index in [1.165, 1.54) is 6.07 Å². The Morgan fingerprint density at radius 3 is 2.36 bits per heavy atom. The Morgan fingerprint density at radius 2 is 1.75 bits per heavy atom. The first-order chi connectivity index (χ1) is 13.5. The number of nitrogens with zero attached hydrogens (tertiary/aromatic N) is 2. The molecule has 0 unspecified atom stereocenters. The van der Waals surface area contributed by atoms with Crippen LogP contribution in [0, 0.1) is 11.2 Å². The number of halogens is 1. The number of amides is 3. The first kappa shape index (κ1) is 20.1. The Kier molecular flexibility index (Phi) is 6.16. The fourth-order valence-corrected chi connectivity index (χ4v) is 3.45. The minimum Gasteiger partial charge on any atom is -0.450 e. The molecule has 0 spiro atoms. The van der Waals surface area contributed by atoms with Crippen LogP contribution in [-0.2, 0) is 20.7 Å². The fraction of sp³-hybridized carbons (Fsp3) is 0.550. The van der Waals surface area contributed by atoms with E-state index in [0.29, 0.717) is 57.6 Å². The highest BCUT2D eigenvalue weighted by Gasteiger charge is 2.58. The Labute approximate surface area is 163 Å². The zero-order valence-electron chi connectivity index (χ0n) is 16.1. The van der Waals surface area contributed by atoms with Crippen LogP contribution in [0.2, 0.25) is 0 Å². The molecule has 28 heavy (non-hydrogen) atoms. The van der Waals surface area contributed by atoms with Crippen LogP contribution in [0.4, 0.5) is 9.18 Å². The summed E-state index contributed by atoms with van der Waals surface area (Å²) in [5.74, 6) is -0.769. The van der Waals surface area contributed by atoms with Crippen molar-refractivity contribution >= 4 is 17.9 Å². The van der Waals surface area contributed by atoms with Crippen LogP contribution in [0.25, 0.3) is 0 Å². The molecule has 1 aliphatic heterocycles. The van der Waals surface area contributed by atoms with E-state index in [1.54, 1.807) is 34.9 Å². The van der Waals surface area contributed by atoms with E-state index in [2.05, 4.69) is 5.32 Å². The summed E-state index contributed by atoms with van der Waals surface area (Å²) in [5, 5.41) is 2.79. The number of benzene rings is 1. The monoisotopic (exact) mass is 391 g/mol. The van der Waals surface area contributed by atoms with Crippen molar-refractivity contribution in [1.29, 1.82) is 0 Å². The van der Waals surface area contributed by atoms with E-state index >= 15 is 0 Å². The summed E-state index contributed by atoms with van der Waals surface area (Å²) >= 11 is 0. The third-order valence-corrected chi connectivity index (χ3v) is 5.32. The third-order valence-electron chi connectivity index (χ3n) is 5.32. The van der Waals surface area contributed by atoms with Crippen molar-refractivity contribution in [3.05, 3.63) is 35.6 Å². The molecule has 1 aromatic rings. The zero-order valence-corrected chi connectivity index (χ0v) is 16.1. The maximum atomic E-state index is 13.7. The van der Waals surface area contributed by atoms with Gasteiger partial charge in [0.25, 0.3) is 0 Å². The molecule has 2 aliphatic rings. The van der Waals surface area contributed by atoms with E-state index < -0.39 is 5.41 Å². The van der Waals surface area contributed by atoms with E-state index in [-0.39, 0.29) is 30.3 Å². The molecule has 3 amide bonds. The predicted molar refractivity (Wildman–Crippen MR) is 100.0 cm³/mol. The molecule has 1 saturated heterocycles. The summed E-state index contributed by atoms with van der Waals surface area (Å²) in [5.41, 5.74) is -0.463. The minimum atomic E-state index is -0.999. The number of piperazine rings is 1. The van der Waals surface area contributed by atoms with E-state index in [4.69, 9.17) is 4.74 Å². The highest BCUT2D eigenvalue weighted by Crippen LogP contribution is 2.47. The average Bonchev–Trinajstić information content (AvgIpc) is 3.51. The van der Waals surface area contributed by atoms with Crippen LogP contribution in [0.3, 0.4) is 0 Å². The van der Waals surface area contributed by atoms with Gasteiger partial charge in [-0.1, -0.05) is 18.2 Å². The highest BCUT2D eigenvalue weighted by molar-refractivity contribution is 6.07. The second kappa shape index (κ2) is 8.58. The standard InChI is InChI=1S/C20H26FN3O4/c1-2-28-19(27)24-13-11-23(12-14-24)18(26)20(8-9-20)17(25)22-10-7-15-5-3-4-6-16(15)21/h3-6H,2,7-14H2,1H3,(H,22,25). The molecule has 3 rings (SSSR count). The summed E-state index contributed by atoms with van der Waals surface area (Å²) in [6.45, 7) is 3.92. The zero-order chi connectivity index (χ0) is 20.1. The van der Waals surface area contributed by atoms with Crippen molar-refractivity contribution in [3.8, 4) is 0 Å². The van der Waals surface area contributed by atoms with Crippen molar-refractivity contribution in [2.24, 2.45) is 5.41 Å². The lowest BCUT2D eigenvalue weighted by Gasteiger charge is -2.35. The van der Waals surface area contributed by atoms with Crippen LogP contribution in [0.5, 0.6) is 0 Å². The summed E-state index contributed by atoms with van der Waals surface area (Å²) < 4.78 is 18.6. The largest absolute Gasteiger partial charge is 0.450 e. The third kappa shape index (κ3) is 4.26. The Balaban J connectivity index is 1.49. The first-order valence-electron chi connectivity index (χ1n) is 9.70. The van der Waals surface area contributed by atoms with Gasteiger partial charge in [0.05, 0.1) is 6.61 Å². The number of nitrogens with one attached hydrogen (secondary N) is 1. The summed E-state index contributed by atoms with van der Waals surface area (Å²) in [6, 6.07) is 6.45. The molecule has 1 aromatic carbocycles. The van der Waals surface area contributed by atoms with Gasteiger partial charge in [-0.25, -0.2) is 9.18 Å². The lowest BCUT2D eigenvalue weighted by molar-refractivity contribution is -0.145. The summed E-state index contributed by atoms with van der Waals surface area (Å²) in [6.07, 6.45) is 1.05.